The van der Waals surface area contributed by atoms with Crippen LogP contribution in [0.4, 0.5) is 0 Å². The number of pyridine rings is 1. The number of nitrogens with two attached hydrogens (primary N) is 1. The molecule has 11 heavy (non-hydrogen) atoms. The first-order chi connectivity index (χ1) is 5.24. The van der Waals surface area contributed by atoms with Crippen molar-refractivity contribution in [3.8, 4) is 0 Å². The molecule has 1 aromatic heterocycles. The van der Waals surface area contributed by atoms with E-state index in [1.54, 1.807) is 25.1 Å². The zero-order valence-corrected chi connectivity index (χ0v) is 6.84. The lowest BCUT2D eigenvalue weighted by molar-refractivity contribution is 1.20. The summed E-state index contributed by atoms with van der Waals surface area (Å²) in [5, 5.41) is 3.94. The summed E-state index contributed by atoms with van der Waals surface area (Å²) in [7, 11) is 0. The van der Waals surface area contributed by atoms with Gasteiger partial charge < -0.3 is 5.84 Å². The third kappa shape index (κ3) is 1.91. The Kier molecular flexibility index (Phi) is 2.44. The lowest BCUT2D eigenvalue weighted by Gasteiger charge is -1.96. The molecule has 3 nitrogen and oxygen atoms in total. The number of hydrogen-bond donors (Lipinski definition) is 1. The second-order valence-corrected chi connectivity index (χ2v) is 2.45. The minimum atomic E-state index is 0.450. The molecular formula is C7H8ClN3. The van der Waals surface area contributed by atoms with Crippen molar-refractivity contribution in [2.45, 2.75) is 6.92 Å². The summed E-state index contributed by atoms with van der Waals surface area (Å²) in [4.78, 5) is 4.00. The second-order valence-electron chi connectivity index (χ2n) is 2.06. The summed E-state index contributed by atoms with van der Waals surface area (Å²) >= 11 is 5.64. The van der Waals surface area contributed by atoms with Crippen LogP contribution in [0.3, 0.4) is 0 Å². The molecule has 0 aromatic carbocycles. The summed E-state index contributed by atoms with van der Waals surface area (Å²) in [6, 6.07) is 5.31. The first-order valence-corrected chi connectivity index (χ1v) is 3.49. The highest BCUT2D eigenvalue weighted by Crippen LogP contribution is 2.05. The molecular weight excluding hydrogens is 162 g/mol. The van der Waals surface area contributed by atoms with Gasteiger partial charge in [-0.3, -0.25) is 0 Å². The summed E-state index contributed by atoms with van der Waals surface area (Å²) in [5.41, 5.74) is 1.38. The van der Waals surface area contributed by atoms with Crippen molar-refractivity contribution >= 4 is 17.3 Å². The van der Waals surface area contributed by atoms with E-state index < -0.39 is 0 Å². The molecule has 0 aliphatic rings. The van der Waals surface area contributed by atoms with E-state index >= 15 is 0 Å². The smallest absolute Gasteiger partial charge is 0.129 e. The zero-order valence-electron chi connectivity index (χ0n) is 6.08. The number of hydrazone groups is 1. The van der Waals surface area contributed by atoms with Gasteiger partial charge in [0.05, 0.1) is 11.4 Å². The van der Waals surface area contributed by atoms with E-state index in [1.165, 1.54) is 0 Å². The average Bonchev–Trinajstić information content (AvgIpc) is 2.03. The second kappa shape index (κ2) is 3.34. The Labute approximate surface area is 69.9 Å². The number of nitrogens with zero attached hydrogens (tertiary/aromatic N) is 2. The van der Waals surface area contributed by atoms with Gasteiger partial charge in [0.25, 0.3) is 0 Å². The molecule has 1 aromatic rings. The summed E-state index contributed by atoms with van der Waals surface area (Å²) in [6.07, 6.45) is 0. The van der Waals surface area contributed by atoms with Crippen molar-refractivity contribution in [2.75, 3.05) is 0 Å². The molecule has 0 atom stereocenters. The Morgan fingerprint density at radius 3 is 2.91 bits per heavy atom. The lowest BCUT2D eigenvalue weighted by Crippen LogP contribution is -2.01. The van der Waals surface area contributed by atoms with Gasteiger partial charge in [-0.2, -0.15) is 5.10 Å². The molecule has 4 heteroatoms. The molecule has 0 spiro atoms. The average molecular weight is 170 g/mol. The van der Waals surface area contributed by atoms with Gasteiger partial charge in [0.15, 0.2) is 0 Å². The molecule has 2 N–H and O–H groups in total. The molecule has 0 saturated carbocycles. The van der Waals surface area contributed by atoms with Crippen LogP contribution in [0.15, 0.2) is 23.3 Å². The molecule has 1 rings (SSSR count). The van der Waals surface area contributed by atoms with Gasteiger partial charge in [-0.15, -0.1) is 0 Å². The molecule has 0 bridgehead atoms. The largest absolute Gasteiger partial charge is 0.323 e. The van der Waals surface area contributed by atoms with E-state index in [4.69, 9.17) is 17.4 Å². The Morgan fingerprint density at radius 1 is 1.64 bits per heavy atom. The maximum atomic E-state index is 5.64. The van der Waals surface area contributed by atoms with Crippen LogP contribution in [0, 0.1) is 0 Å². The molecule has 0 amide bonds. The summed E-state index contributed by atoms with van der Waals surface area (Å²) < 4.78 is 0. The van der Waals surface area contributed by atoms with Crippen molar-refractivity contribution < 1.29 is 0 Å². The van der Waals surface area contributed by atoms with Crippen molar-refractivity contribution in [2.24, 2.45) is 10.9 Å². The van der Waals surface area contributed by atoms with Crippen molar-refractivity contribution in [3.05, 3.63) is 29.0 Å². The fourth-order valence-electron chi connectivity index (χ4n) is 0.676. The SMILES string of the molecule is C/C(=N\N)c1cccc(Cl)n1. The molecule has 58 valence electrons. The van der Waals surface area contributed by atoms with Gasteiger partial charge in [0.2, 0.25) is 0 Å². The van der Waals surface area contributed by atoms with Crippen LogP contribution in [0.5, 0.6) is 0 Å². The molecule has 0 aliphatic heterocycles. The van der Waals surface area contributed by atoms with Gasteiger partial charge in [-0.1, -0.05) is 17.7 Å². The van der Waals surface area contributed by atoms with Crippen LogP contribution in [0.25, 0.3) is 0 Å². The van der Waals surface area contributed by atoms with E-state index in [0.29, 0.717) is 16.6 Å². The number of aromatic nitrogens is 1. The van der Waals surface area contributed by atoms with E-state index in [2.05, 4.69) is 10.1 Å². The third-order valence-corrected chi connectivity index (χ3v) is 1.49. The van der Waals surface area contributed by atoms with Crippen LogP contribution in [0.1, 0.15) is 12.6 Å². The standard InChI is InChI=1S/C7H8ClN3/c1-5(11-9)6-3-2-4-7(8)10-6/h2-4H,9H2,1H3/b11-5+. The highest BCUT2D eigenvalue weighted by molar-refractivity contribution is 6.29. The Balaban J connectivity index is 3.06. The van der Waals surface area contributed by atoms with E-state index in [1.807, 2.05) is 0 Å². The first-order valence-electron chi connectivity index (χ1n) is 3.11. The number of hydrogen-bond acceptors (Lipinski definition) is 3. The van der Waals surface area contributed by atoms with Crippen molar-refractivity contribution in [3.63, 3.8) is 0 Å². The maximum absolute atomic E-state index is 5.64. The van der Waals surface area contributed by atoms with Crippen LogP contribution >= 0.6 is 11.6 Å². The van der Waals surface area contributed by atoms with Gasteiger partial charge >= 0.3 is 0 Å². The molecule has 0 unspecified atom stereocenters. The van der Waals surface area contributed by atoms with Gasteiger partial charge in [0.1, 0.15) is 5.15 Å². The van der Waals surface area contributed by atoms with E-state index in [9.17, 15) is 0 Å². The van der Waals surface area contributed by atoms with Crippen LogP contribution in [-0.2, 0) is 0 Å². The zero-order chi connectivity index (χ0) is 8.27. The van der Waals surface area contributed by atoms with E-state index in [0.717, 1.165) is 0 Å². The Hall–Kier alpha value is -1.09. The van der Waals surface area contributed by atoms with Crippen molar-refractivity contribution in [1.29, 1.82) is 0 Å². The lowest BCUT2D eigenvalue weighted by atomic mass is 10.3. The predicted molar refractivity (Wildman–Crippen MR) is 45.6 cm³/mol. The summed E-state index contributed by atoms with van der Waals surface area (Å²) in [5.74, 6) is 5.06. The highest BCUT2D eigenvalue weighted by Gasteiger charge is 1.97. The number of rotatable bonds is 1. The van der Waals surface area contributed by atoms with Crippen LogP contribution in [-0.4, -0.2) is 10.7 Å². The van der Waals surface area contributed by atoms with Gasteiger partial charge in [-0.05, 0) is 19.1 Å². The van der Waals surface area contributed by atoms with E-state index in [-0.39, 0.29) is 0 Å². The van der Waals surface area contributed by atoms with Gasteiger partial charge in [0, 0.05) is 0 Å². The third-order valence-electron chi connectivity index (χ3n) is 1.28. The minimum absolute atomic E-state index is 0.450. The fraction of sp³-hybridized carbons (Fsp3) is 0.143. The quantitative estimate of drug-likeness (QED) is 0.299. The molecule has 0 aliphatic carbocycles. The highest BCUT2D eigenvalue weighted by atomic mass is 35.5. The monoisotopic (exact) mass is 169 g/mol. The predicted octanol–water partition coefficient (Wildman–Crippen LogP) is 1.42. The minimum Gasteiger partial charge on any atom is -0.323 e. The molecule has 1 heterocycles. The fourth-order valence-corrected chi connectivity index (χ4v) is 0.840. The summed E-state index contributed by atoms with van der Waals surface area (Å²) in [6.45, 7) is 1.78. The van der Waals surface area contributed by atoms with Crippen LogP contribution < -0.4 is 5.84 Å². The van der Waals surface area contributed by atoms with Gasteiger partial charge in [-0.25, -0.2) is 4.98 Å². The number of halogens is 1. The molecule has 0 saturated heterocycles. The Bertz CT molecular complexity index is 283. The van der Waals surface area contributed by atoms with Crippen molar-refractivity contribution in [1.82, 2.24) is 4.98 Å². The topological polar surface area (TPSA) is 51.3 Å². The molecule has 0 radical (unpaired) electrons. The normalized spacial score (nSPS) is 11.6. The molecule has 0 fully saturated rings. The van der Waals surface area contributed by atoms with Crippen LogP contribution in [0.2, 0.25) is 5.15 Å². The maximum Gasteiger partial charge on any atom is 0.129 e. The first kappa shape index (κ1) is 8.01. The Morgan fingerprint density at radius 2 is 2.36 bits per heavy atom.